The summed E-state index contributed by atoms with van der Waals surface area (Å²) in [5.74, 6) is 2.58. The fraction of sp³-hybridized carbons (Fsp3) is 0.727. The van der Waals surface area contributed by atoms with Crippen molar-refractivity contribution >= 4 is 36.0 Å². The molecule has 9 heteroatoms. The topological polar surface area (TPSA) is 91.1 Å². The first-order valence-corrected chi connectivity index (χ1v) is 10.8. The highest BCUT2D eigenvalue weighted by Crippen LogP contribution is 2.26. The van der Waals surface area contributed by atoms with Crippen molar-refractivity contribution in [1.29, 1.82) is 0 Å². The van der Waals surface area contributed by atoms with Gasteiger partial charge in [0.1, 0.15) is 17.1 Å². The maximum atomic E-state index is 12.1. The van der Waals surface area contributed by atoms with Crippen LogP contribution in [0, 0.1) is 6.92 Å². The minimum atomic E-state index is -0.528. The van der Waals surface area contributed by atoms with E-state index in [0.717, 1.165) is 24.6 Å². The van der Waals surface area contributed by atoms with Crippen molar-refractivity contribution in [3.63, 3.8) is 0 Å². The molecular formula is C22H40IN5O3. The zero-order valence-corrected chi connectivity index (χ0v) is 22.3. The molecule has 0 saturated carbocycles. The van der Waals surface area contributed by atoms with Gasteiger partial charge in [0.05, 0.1) is 11.6 Å². The number of hydrogen-bond acceptors (Lipinski definition) is 5. The molecule has 0 spiro atoms. The number of carbonyl (C=O) groups is 1. The number of rotatable bonds is 7. The number of furan rings is 1. The van der Waals surface area contributed by atoms with Gasteiger partial charge in [-0.1, -0.05) is 0 Å². The molecule has 0 bridgehead atoms. The molecule has 1 unspecified atom stereocenters. The highest BCUT2D eigenvalue weighted by atomic mass is 127. The van der Waals surface area contributed by atoms with Crippen molar-refractivity contribution in [3.8, 4) is 0 Å². The molecule has 2 rings (SSSR count). The summed E-state index contributed by atoms with van der Waals surface area (Å²) in [6.45, 7) is 14.7. The van der Waals surface area contributed by atoms with Crippen LogP contribution in [0.2, 0.25) is 0 Å². The monoisotopic (exact) mass is 549 g/mol. The van der Waals surface area contributed by atoms with Gasteiger partial charge in [-0.3, -0.25) is 9.89 Å². The van der Waals surface area contributed by atoms with E-state index in [1.807, 2.05) is 47.6 Å². The molecule has 1 aliphatic heterocycles. The van der Waals surface area contributed by atoms with E-state index in [4.69, 9.17) is 9.15 Å². The van der Waals surface area contributed by atoms with Crippen LogP contribution >= 0.6 is 24.0 Å². The molecule has 2 heterocycles. The Kier molecular flexibility index (Phi) is 10.6. The molecule has 1 atom stereocenters. The van der Waals surface area contributed by atoms with Crippen LogP contribution in [0.15, 0.2) is 21.5 Å². The van der Waals surface area contributed by atoms with Crippen LogP contribution in [0.4, 0.5) is 4.79 Å². The van der Waals surface area contributed by atoms with Crippen molar-refractivity contribution in [1.82, 2.24) is 20.9 Å². The number of aliphatic imine (C=N–C) groups is 1. The van der Waals surface area contributed by atoms with E-state index in [0.29, 0.717) is 19.0 Å². The third kappa shape index (κ3) is 9.67. The summed E-state index contributed by atoms with van der Waals surface area (Å²) < 4.78 is 11.3. The number of nitrogens with one attached hydrogen (secondary N) is 3. The third-order valence-corrected chi connectivity index (χ3v) is 4.89. The maximum Gasteiger partial charge on any atom is 0.408 e. The molecule has 3 N–H and O–H groups in total. The van der Waals surface area contributed by atoms with E-state index in [1.54, 1.807) is 7.05 Å². The quantitative estimate of drug-likeness (QED) is 0.272. The van der Waals surface area contributed by atoms with Crippen LogP contribution in [0.1, 0.15) is 65.0 Å². The van der Waals surface area contributed by atoms with E-state index >= 15 is 0 Å². The summed E-state index contributed by atoms with van der Waals surface area (Å²) >= 11 is 0. The van der Waals surface area contributed by atoms with E-state index < -0.39 is 17.2 Å². The van der Waals surface area contributed by atoms with Crippen molar-refractivity contribution in [2.45, 2.75) is 71.6 Å². The third-order valence-electron chi connectivity index (χ3n) is 4.89. The summed E-state index contributed by atoms with van der Waals surface area (Å²) in [6.07, 6.45) is 2.00. The number of likely N-dealkylation sites (tertiary alicyclic amines) is 1. The molecule has 1 fully saturated rings. The van der Waals surface area contributed by atoms with Crippen molar-refractivity contribution in [3.05, 3.63) is 23.7 Å². The highest BCUT2D eigenvalue weighted by molar-refractivity contribution is 14.0. The fourth-order valence-electron chi connectivity index (χ4n) is 3.44. The highest BCUT2D eigenvalue weighted by Gasteiger charge is 2.27. The van der Waals surface area contributed by atoms with Gasteiger partial charge in [0.15, 0.2) is 5.96 Å². The van der Waals surface area contributed by atoms with E-state index in [2.05, 4.69) is 31.9 Å². The number of ether oxygens (including phenoxy) is 1. The van der Waals surface area contributed by atoms with Crippen molar-refractivity contribution in [2.75, 3.05) is 33.2 Å². The van der Waals surface area contributed by atoms with Gasteiger partial charge in [-0.15, -0.1) is 24.0 Å². The van der Waals surface area contributed by atoms with Crippen LogP contribution in [0.25, 0.3) is 0 Å². The minimum absolute atomic E-state index is 0. The molecule has 0 radical (unpaired) electrons. The second kappa shape index (κ2) is 11.9. The lowest BCUT2D eigenvalue weighted by molar-refractivity contribution is 0.0474. The summed E-state index contributed by atoms with van der Waals surface area (Å²) in [6, 6.07) is 4.23. The SMILES string of the molecule is CN=C(NCC(c1ccc(C)o1)N1CCCC1)NCC(C)(C)NC(=O)OC(C)(C)C.I. The average molecular weight is 549 g/mol. The van der Waals surface area contributed by atoms with Gasteiger partial charge in [0.2, 0.25) is 0 Å². The van der Waals surface area contributed by atoms with Gasteiger partial charge >= 0.3 is 6.09 Å². The molecule has 1 aliphatic rings. The summed E-state index contributed by atoms with van der Waals surface area (Å²) in [5.41, 5.74) is -1.04. The lowest BCUT2D eigenvalue weighted by Crippen LogP contribution is -2.54. The predicted octanol–water partition coefficient (Wildman–Crippen LogP) is 3.81. The Hall–Kier alpha value is -1.49. The number of nitrogens with zero attached hydrogens (tertiary/aromatic N) is 2. The maximum absolute atomic E-state index is 12.1. The number of amides is 1. The van der Waals surface area contributed by atoms with Crippen molar-refractivity contribution < 1.29 is 13.9 Å². The molecular weight excluding hydrogens is 509 g/mol. The largest absolute Gasteiger partial charge is 0.465 e. The Bertz CT molecular complexity index is 721. The Morgan fingerprint density at radius 2 is 1.84 bits per heavy atom. The molecule has 8 nitrogen and oxygen atoms in total. The Labute approximate surface area is 204 Å². The molecule has 1 amide bonds. The summed E-state index contributed by atoms with van der Waals surface area (Å²) in [4.78, 5) is 18.9. The first-order chi connectivity index (χ1) is 14.0. The number of alkyl carbamates (subject to hydrolysis) is 1. The van der Waals surface area contributed by atoms with Gasteiger partial charge in [-0.05, 0) is 79.6 Å². The van der Waals surface area contributed by atoms with Crippen molar-refractivity contribution in [2.24, 2.45) is 4.99 Å². The smallest absolute Gasteiger partial charge is 0.408 e. The van der Waals surface area contributed by atoms with Gasteiger partial charge in [0.25, 0.3) is 0 Å². The van der Waals surface area contributed by atoms with Crippen LogP contribution in [0.3, 0.4) is 0 Å². The molecule has 0 aliphatic carbocycles. The van der Waals surface area contributed by atoms with Crippen LogP contribution in [-0.4, -0.2) is 61.3 Å². The standard InChI is InChI=1S/C22H39N5O3.HI/c1-16-10-11-18(29-16)17(27-12-8-9-13-27)14-24-19(23-7)25-15-22(5,6)26-20(28)30-21(2,3)4;/h10-11,17H,8-9,12-15H2,1-7H3,(H,26,28)(H2,23,24,25);1H. The molecule has 31 heavy (non-hydrogen) atoms. The zero-order valence-electron chi connectivity index (χ0n) is 20.0. The van der Waals surface area contributed by atoms with E-state index in [-0.39, 0.29) is 30.0 Å². The summed E-state index contributed by atoms with van der Waals surface area (Å²) in [5, 5.41) is 9.61. The van der Waals surface area contributed by atoms with Crippen LogP contribution in [0.5, 0.6) is 0 Å². The molecule has 178 valence electrons. The second-order valence-electron chi connectivity index (χ2n) is 9.52. The van der Waals surface area contributed by atoms with Gasteiger partial charge in [0, 0.05) is 20.1 Å². The second-order valence-corrected chi connectivity index (χ2v) is 9.52. The minimum Gasteiger partial charge on any atom is -0.465 e. The number of aryl methyl sites for hydroxylation is 1. The number of carbonyl (C=O) groups excluding carboxylic acids is 1. The lowest BCUT2D eigenvalue weighted by Gasteiger charge is -2.30. The van der Waals surface area contributed by atoms with Gasteiger partial charge < -0.3 is 25.1 Å². The first kappa shape index (κ1) is 27.5. The predicted molar refractivity (Wildman–Crippen MR) is 135 cm³/mol. The molecule has 1 aromatic heterocycles. The molecule has 1 saturated heterocycles. The lowest BCUT2D eigenvalue weighted by atomic mass is 10.1. The normalized spacial score (nSPS) is 16.4. The van der Waals surface area contributed by atoms with Gasteiger partial charge in [-0.25, -0.2) is 4.79 Å². The first-order valence-electron chi connectivity index (χ1n) is 10.8. The molecule has 1 aromatic rings. The Morgan fingerprint density at radius 1 is 1.19 bits per heavy atom. The molecule has 0 aromatic carbocycles. The van der Waals surface area contributed by atoms with E-state index in [1.165, 1.54) is 12.8 Å². The summed E-state index contributed by atoms with van der Waals surface area (Å²) in [7, 11) is 1.74. The Balaban J connectivity index is 0.00000480. The number of halogens is 1. The number of guanidine groups is 1. The Morgan fingerprint density at radius 3 is 2.35 bits per heavy atom. The van der Waals surface area contributed by atoms with Crippen LogP contribution < -0.4 is 16.0 Å². The van der Waals surface area contributed by atoms with E-state index in [9.17, 15) is 4.79 Å². The van der Waals surface area contributed by atoms with Gasteiger partial charge in [-0.2, -0.15) is 0 Å². The van der Waals surface area contributed by atoms with Crippen LogP contribution in [-0.2, 0) is 4.74 Å². The average Bonchev–Trinajstić information content (AvgIpc) is 3.28. The fourth-order valence-corrected chi connectivity index (χ4v) is 3.44. The number of hydrogen-bond donors (Lipinski definition) is 3. The zero-order chi connectivity index (χ0) is 22.4.